The van der Waals surface area contributed by atoms with E-state index in [4.69, 9.17) is 4.74 Å². The van der Waals surface area contributed by atoms with E-state index in [9.17, 15) is 9.90 Å². The van der Waals surface area contributed by atoms with Gasteiger partial charge in [-0.3, -0.25) is 4.90 Å². The molecule has 2 fully saturated rings. The fourth-order valence-corrected chi connectivity index (χ4v) is 5.41. The number of carboxylic acid groups (broad SMARTS) is 1. The van der Waals surface area contributed by atoms with Crippen LogP contribution in [0.4, 0.5) is 0 Å². The Labute approximate surface area is 183 Å². The van der Waals surface area contributed by atoms with Gasteiger partial charge in [-0.05, 0) is 86.4 Å². The lowest BCUT2D eigenvalue weighted by atomic mass is 9.83. The minimum Gasteiger partial charge on any atom is -0.496 e. The summed E-state index contributed by atoms with van der Waals surface area (Å²) in [4.78, 5) is 17.3. The molecule has 5 rings (SSSR count). The number of methoxy groups -OCH3 is 1. The number of H-pyrrole nitrogens is 1. The van der Waals surface area contributed by atoms with Crippen LogP contribution in [0.1, 0.15) is 58.8 Å². The van der Waals surface area contributed by atoms with Crippen LogP contribution in [0.3, 0.4) is 0 Å². The monoisotopic (exact) mass is 418 g/mol. The number of benzene rings is 2. The van der Waals surface area contributed by atoms with Crippen LogP contribution >= 0.6 is 0 Å². The summed E-state index contributed by atoms with van der Waals surface area (Å²) >= 11 is 0. The Morgan fingerprint density at radius 2 is 1.94 bits per heavy atom. The molecule has 1 aliphatic carbocycles. The van der Waals surface area contributed by atoms with Gasteiger partial charge in [-0.1, -0.05) is 12.1 Å². The van der Waals surface area contributed by atoms with E-state index in [1.54, 1.807) is 19.2 Å². The zero-order chi connectivity index (χ0) is 21.5. The summed E-state index contributed by atoms with van der Waals surface area (Å²) in [6, 6.07) is 12.1. The fraction of sp³-hybridized carbons (Fsp3) is 0.423. The Kier molecular flexibility index (Phi) is 5.22. The maximum absolute atomic E-state index is 11.3. The van der Waals surface area contributed by atoms with Crippen LogP contribution in [0.2, 0.25) is 0 Å². The normalized spacial score (nSPS) is 22.0. The van der Waals surface area contributed by atoms with Gasteiger partial charge in [-0.25, -0.2) is 4.79 Å². The van der Waals surface area contributed by atoms with Crippen LogP contribution in [0.15, 0.2) is 42.6 Å². The van der Waals surface area contributed by atoms with E-state index in [1.807, 2.05) is 18.3 Å². The molecule has 0 bridgehead atoms. The van der Waals surface area contributed by atoms with Gasteiger partial charge in [0.25, 0.3) is 0 Å². The second-order valence-electron chi connectivity index (χ2n) is 9.18. The number of nitrogens with one attached hydrogen (secondary N) is 1. The second kappa shape index (κ2) is 8.04. The van der Waals surface area contributed by atoms with Crippen molar-refractivity contribution in [2.75, 3.05) is 13.7 Å². The summed E-state index contributed by atoms with van der Waals surface area (Å²) in [5.74, 6) is 1.72. The molecule has 2 heterocycles. The minimum absolute atomic E-state index is 0.294. The largest absolute Gasteiger partial charge is 0.496 e. The van der Waals surface area contributed by atoms with Crippen molar-refractivity contribution in [3.63, 3.8) is 0 Å². The predicted octanol–water partition coefficient (Wildman–Crippen LogP) is 5.55. The van der Waals surface area contributed by atoms with Gasteiger partial charge in [0.05, 0.1) is 12.7 Å². The molecule has 2 atom stereocenters. The number of aromatic nitrogens is 1. The van der Waals surface area contributed by atoms with Crippen LogP contribution in [0, 0.1) is 18.8 Å². The Balaban J connectivity index is 1.49. The van der Waals surface area contributed by atoms with Crippen LogP contribution in [-0.2, 0) is 6.54 Å². The Morgan fingerprint density at radius 3 is 2.61 bits per heavy atom. The van der Waals surface area contributed by atoms with Crippen molar-refractivity contribution in [1.82, 2.24) is 9.88 Å². The highest BCUT2D eigenvalue weighted by atomic mass is 16.5. The molecule has 31 heavy (non-hydrogen) atoms. The van der Waals surface area contributed by atoms with E-state index in [0.717, 1.165) is 37.1 Å². The van der Waals surface area contributed by atoms with Crippen LogP contribution in [0.25, 0.3) is 10.9 Å². The highest BCUT2D eigenvalue weighted by Crippen LogP contribution is 2.47. The number of carbonyl (C=O) groups is 1. The predicted molar refractivity (Wildman–Crippen MR) is 122 cm³/mol. The maximum Gasteiger partial charge on any atom is 0.335 e. The summed E-state index contributed by atoms with van der Waals surface area (Å²) in [6.45, 7) is 3.98. The molecule has 1 aromatic heterocycles. The topological polar surface area (TPSA) is 65.6 Å². The van der Waals surface area contributed by atoms with E-state index in [2.05, 4.69) is 28.9 Å². The molecule has 2 aromatic carbocycles. The van der Waals surface area contributed by atoms with E-state index >= 15 is 0 Å². The number of fused-ring (bicyclic) bond motifs is 1. The first-order valence-electron chi connectivity index (χ1n) is 11.3. The van der Waals surface area contributed by atoms with E-state index in [-0.39, 0.29) is 0 Å². The standard InChI is InChI=1S/C26H30N2O3/c1-16-13-24(31-2)22(21-9-11-27-25(16)21)15-28-12-10-20(17-3-4-17)14-23(28)18-5-7-19(8-6-18)26(29)30/h5-9,11,13,17,20,23,27H,3-4,10,12,14-15H2,1-2H3,(H,29,30)/t20-,23-/m0/s1. The third kappa shape index (κ3) is 3.83. The molecule has 1 saturated carbocycles. The first kappa shape index (κ1) is 20.1. The lowest BCUT2D eigenvalue weighted by molar-refractivity contribution is 0.0696. The number of aromatic amines is 1. The Morgan fingerprint density at radius 1 is 1.16 bits per heavy atom. The van der Waals surface area contributed by atoms with Crippen molar-refractivity contribution in [3.05, 3.63) is 64.8 Å². The van der Waals surface area contributed by atoms with E-state index < -0.39 is 5.97 Å². The fourth-order valence-electron chi connectivity index (χ4n) is 5.41. The zero-order valence-electron chi connectivity index (χ0n) is 18.2. The molecule has 0 unspecified atom stereocenters. The second-order valence-corrected chi connectivity index (χ2v) is 9.18. The van der Waals surface area contributed by atoms with Gasteiger partial charge in [0.15, 0.2) is 0 Å². The highest BCUT2D eigenvalue weighted by Gasteiger charge is 2.38. The first-order chi connectivity index (χ1) is 15.0. The molecule has 1 aliphatic heterocycles. The number of piperidine rings is 1. The summed E-state index contributed by atoms with van der Waals surface area (Å²) in [6.07, 6.45) is 7.11. The Bertz CT molecular complexity index is 1100. The number of hydrogen-bond donors (Lipinski definition) is 2. The van der Waals surface area contributed by atoms with E-state index in [0.29, 0.717) is 11.6 Å². The number of likely N-dealkylation sites (tertiary alicyclic amines) is 1. The van der Waals surface area contributed by atoms with Crippen LogP contribution in [0.5, 0.6) is 5.75 Å². The minimum atomic E-state index is -0.873. The molecule has 162 valence electrons. The van der Waals surface area contributed by atoms with Crippen molar-refractivity contribution in [2.45, 2.75) is 45.2 Å². The molecular formula is C26H30N2O3. The van der Waals surface area contributed by atoms with Crippen molar-refractivity contribution >= 4 is 16.9 Å². The number of ether oxygens (including phenoxy) is 1. The average molecular weight is 419 g/mol. The smallest absolute Gasteiger partial charge is 0.335 e. The maximum atomic E-state index is 11.3. The molecule has 3 aromatic rings. The van der Waals surface area contributed by atoms with Crippen molar-refractivity contribution in [2.24, 2.45) is 11.8 Å². The van der Waals surface area contributed by atoms with Gasteiger partial charge < -0.3 is 14.8 Å². The molecule has 2 aliphatic rings. The molecule has 0 spiro atoms. The molecule has 1 saturated heterocycles. The van der Waals surface area contributed by atoms with Crippen LogP contribution < -0.4 is 4.74 Å². The first-order valence-corrected chi connectivity index (χ1v) is 11.3. The number of aromatic carboxylic acids is 1. The van der Waals surface area contributed by atoms with Gasteiger partial charge in [-0.15, -0.1) is 0 Å². The van der Waals surface area contributed by atoms with Crippen LogP contribution in [-0.4, -0.2) is 34.6 Å². The third-order valence-corrected chi connectivity index (χ3v) is 7.28. The quantitative estimate of drug-likeness (QED) is 0.551. The molecular weight excluding hydrogens is 388 g/mol. The van der Waals surface area contributed by atoms with Gasteiger partial charge >= 0.3 is 5.97 Å². The average Bonchev–Trinajstić information content (AvgIpc) is 3.51. The summed E-state index contributed by atoms with van der Waals surface area (Å²) < 4.78 is 5.79. The lowest BCUT2D eigenvalue weighted by Gasteiger charge is -2.40. The number of rotatable bonds is 6. The zero-order valence-corrected chi connectivity index (χ0v) is 18.2. The molecule has 0 amide bonds. The third-order valence-electron chi connectivity index (χ3n) is 7.28. The summed E-state index contributed by atoms with van der Waals surface area (Å²) in [5.41, 5.74) is 5.15. The highest BCUT2D eigenvalue weighted by molar-refractivity contribution is 5.88. The van der Waals surface area contributed by atoms with Gasteiger partial charge in [0.1, 0.15) is 5.75 Å². The number of hydrogen-bond acceptors (Lipinski definition) is 3. The lowest BCUT2D eigenvalue weighted by Crippen LogP contribution is -2.37. The number of nitrogens with zero attached hydrogens (tertiary/aromatic N) is 1. The summed E-state index contributed by atoms with van der Waals surface area (Å²) in [7, 11) is 1.75. The number of aryl methyl sites for hydroxylation is 1. The summed E-state index contributed by atoms with van der Waals surface area (Å²) in [5, 5.41) is 10.5. The number of carboxylic acids is 1. The van der Waals surface area contributed by atoms with E-state index in [1.165, 1.54) is 46.9 Å². The van der Waals surface area contributed by atoms with Gasteiger partial charge in [-0.2, -0.15) is 0 Å². The van der Waals surface area contributed by atoms with Crippen molar-refractivity contribution in [3.8, 4) is 5.75 Å². The van der Waals surface area contributed by atoms with Crippen molar-refractivity contribution in [1.29, 1.82) is 0 Å². The molecule has 5 nitrogen and oxygen atoms in total. The molecule has 5 heteroatoms. The van der Waals surface area contributed by atoms with Gasteiger partial charge in [0, 0.05) is 35.2 Å². The molecule has 0 radical (unpaired) electrons. The molecule has 2 N–H and O–H groups in total. The van der Waals surface area contributed by atoms with Gasteiger partial charge in [0.2, 0.25) is 0 Å². The van der Waals surface area contributed by atoms with Crippen molar-refractivity contribution < 1.29 is 14.6 Å². The SMILES string of the molecule is COc1cc(C)c2[nH]ccc2c1CN1CC[C@H](C2CC2)C[C@H]1c1ccc(C(=O)O)cc1. The Hall–Kier alpha value is -2.79.